The average Bonchev–Trinajstić information content (AvgIpc) is 2.70. The first-order valence-corrected chi connectivity index (χ1v) is 8.80. The van der Waals surface area contributed by atoms with Crippen molar-refractivity contribution >= 4 is 23.4 Å². The quantitative estimate of drug-likeness (QED) is 0.626. The van der Waals surface area contributed by atoms with Crippen molar-refractivity contribution < 1.29 is 0 Å². The number of nitrogens with zero attached hydrogens (tertiary/aromatic N) is 2. The molecule has 1 unspecified atom stereocenters. The molecule has 0 amide bonds. The number of hydrogen-bond donors (Lipinski definition) is 2. The van der Waals surface area contributed by atoms with Crippen LogP contribution >= 0.6 is 23.4 Å². The smallest absolute Gasteiger partial charge is 0.0847 e. The van der Waals surface area contributed by atoms with Gasteiger partial charge in [0.2, 0.25) is 0 Å². The molecule has 1 atom stereocenters. The normalized spacial score (nSPS) is 18.4. The summed E-state index contributed by atoms with van der Waals surface area (Å²) in [5.74, 6) is 6.74. The van der Waals surface area contributed by atoms with E-state index in [0.29, 0.717) is 0 Å². The molecule has 0 aromatic carbocycles. The fourth-order valence-corrected chi connectivity index (χ4v) is 4.41. The zero-order valence-corrected chi connectivity index (χ0v) is 13.9. The number of rotatable bonds is 6. The van der Waals surface area contributed by atoms with Gasteiger partial charge in [-0.1, -0.05) is 30.9 Å². The summed E-state index contributed by atoms with van der Waals surface area (Å²) in [4.78, 5) is 0. The summed E-state index contributed by atoms with van der Waals surface area (Å²) in [7, 11) is 1.94. The van der Waals surface area contributed by atoms with E-state index in [1.54, 1.807) is 0 Å². The van der Waals surface area contributed by atoms with E-state index in [1.807, 2.05) is 18.7 Å². The van der Waals surface area contributed by atoms with Crippen LogP contribution in [0.4, 0.5) is 0 Å². The van der Waals surface area contributed by atoms with E-state index in [2.05, 4.69) is 22.3 Å². The van der Waals surface area contributed by atoms with Gasteiger partial charge in [-0.3, -0.25) is 16.0 Å². The Kier molecular flexibility index (Phi) is 6.20. The molecule has 0 spiro atoms. The number of hydrogen-bond acceptors (Lipinski definition) is 4. The molecule has 1 aromatic heterocycles. The van der Waals surface area contributed by atoms with Crippen molar-refractivity contribution in [2.24, 2.45) is 12.9 Å². The topological polar surface area (TPSA) is 55.9 Å². The Bertz CT molecular complexity index is 429. The fraction of sp³-hybridized carbons (Fsp3) is 0.786. The third-order valence-corrected chi connectivity index (χ3v) is 6.05. The lowest BCUT2D eigenvalue weighted by Gasteiger charge is -2.23. The van der Waals surface area contributed by atoms with Gasteiger partial charge in [-0.05, 0) is 19.8 Å². The highest BCUT2D eigenvalue weighted by Crippen LogP contribution is 2.29. The first kappa shape index (κ1) is 16.1. The highest BCUT2D eigenvalue weighted by atomic mass is 35.5. The number of hydrazine groups is 1. The van der Waals surface area contributed by atoms with E-state index < -0.39 is 0 Å². The summed E-state index contributed by atoms with van der Waals surface area (Å²) in [6, 6.07) is 0.245. The lowest BCUT2D eigenvalue weighted by molar-refractivity contribution is 0.511. The Morgan fingerprint density at radius 3 is 2.70 bits per heavy atom. The molecule has 114 valence electrons. The molecule has 6 heteroatoms. The minimum atomic E-state index is 0.245. The Morgan fingerprint density at radius 2 is 2.15 bits per heavy atom. The van der Waals surface area contributed by atoms with Crippen molar-refractivity contribution in [1.29, 1.82) is 0 Å². The molecule has 1 aromatic rings. The Hall–Kier alpha value is -0.230. The zero-order chi connectivity index (χ0) is 14.5. The Morgan fingerprint density at radius 1 is 1.45 bits per heavy atom. The molecule has 1 aliphatic rings. The van der Waals surface area contributed by atoms with Gasteiger partial charge in [0.25, 0.3) is 0 Å². The number of aryl methyl sites for hydroxylation is 2. The molecular weight excluding hydrogens is 292 g/mol. The molecule has 0 aliphatic heterocycles. The van der Waals surface area contributed by atoms with Crippen molar-refractivity contribution in [3.8, 4) is 0 Å². The van der Waals surface area contributed by atoms with Gasteiger partial charge in [-0.15, -0.1) is 0 Å². The second-order valence-electron chi connectivity index (χ2n) is 5.63. The number of thioether (sulfide) groups is 1. The van der Waals surface area contributed by atoms with E-state index in [9.17, 15) is 0 Å². The predicted molar refractivity (Wildman–Crippen MR) is 87.1 cm³/mol. The van der Waals surface area contributed by atoms with E-state index in [1.165, 1.54) is 32.1 Å². The number of halogens is 1. The zero-order valence-electron chi connectivity index (χ0n) is 12.4. The van der Waals surface area contributed by atoms with Gasteiger partial charge in [0.15, 0.2) is 0 Å². The van der Waals surface area contributed by atoms with Crippen molar-refractivity contribution in [3.63, 3.8) is 0 Å². The summed E-state index contributed by atoms with van der Waals surface area (Å²) in [6.45, 7) is 1.94. The molecule has 1 heterocycles. The van der Waals surface area contributed by atoms with Crippen molar-refractivity contribution in [1.82, 2.24) is 15.2 Å². The molecule has 0 radical (unpaired) electrons. The number of aromatic nitrogens is 2. The van der Waals surface area contributed by atoms with Crippen LogP contribution in [0.25, 0.3) is 0 Å². The minimum absolute atomic E-state index is 0.245. The van der Waals surface area contributed by atoms with Gasteiger partial charge < -0.3 is 0 Å². The van der Waals surface area contributed by atoms with Crippen LogP contribution in [-0.2, 0) is 13.5 Å². The molecule has 2 rings (SSSR count). The molecule has 4 nitrogen and oxygen atoms in total. The molecule has 20 heavy (non-hydrogen) atoms. The van der Waals surface area contributed by atoms with Crippen LogP contribution in [0.5, 0.6) is 0 Å². The molecular formula is C14H25ClN4S. The number of nitrogens with two attached hydrogens (primary N) is 1. The van der Waals surface area contributed by atoms with Crippen LogP contribution < -0.4 is 11.3 Å². The molecule has 0 bridgehead atoms. The van der Waals surface area contributed by atoms with E-state index in [4.69, 9.17) is 17.4 Å². The molecule has 1 saturated carbocycles. The van der Waals surface area contributed by atoms with Gasteiger partial charge in [0.1, 0.15) is 0 Å². The van der Waals surface area contributed by atoms with Gasteiger partial charge in [0.05, 0.1) is 16.4 Å². The highest BCUT2D eigenvalue weighted by Gasteiger charge is 2.19. The van der Waals surface area contributed by atoms with Gasteiger partial charge in [0, 0.05) is 30.5 Å². The lowest BCUT2D eigenvalue weighted by Crippen LogP contribution is -2.39. The summed E-state index contributed by atoms with van der Waals surface area (Å²) in [5, 5.41) is 5.94. The van der Waals surface area contributed by atoms with Crippen molar-refractivity contribution in [2.45, 2.75) is 56.7 Å². The first-order chi connectivity index (χ1) is 9.61. The molecule has 1 fully saturated rings. The third-order valence-electron chi connectivity index (χ3n) is 4.02. The van der Waals surface area contributed by atoms with Gasteiger partial charge in [-0.2, -0.15) is 16.9 Å². The minimum Gasteiger partial charge on any atom is -0.271 e. The van der Waals surface area contributed by atoms with Crippen molar-refractivity contribution in [2.75, 3.05) is 5.75 Å². The van der Waals surface area contributed by atoms with Crippen molar-refractivity contribution in [3.05, 3.63) is 16.4 Å². The van der Waals surface area contributed by atoms with Crippen LogP contribution in [0.3, 0.4) is 0 Å². The highest BCUT2D eigenvalue weighted by molar-refractivity contribution is 7.99. The van der Waals surface area contributed by atoms with Gasteiger partial charge in [-0.25, -0.2) is 0 Å². The maximum Gasteiger partial charge on any atom is 0.0847 e. The summed E-state index contributed by atoms with van der Waals surface area (Å²) < 4.78 is 1.87. The van der Waals surface area contributed by atoms with Crippen LogP contribution in [-0.4, -0.2) is 26.8 Å². The standard InChI is InChI=1S/C14H25ClN4S/c1-10-14(15)13(19(2)18-10)8-11(17-16)9-20-12-6-4-3-5-7-12/h11-12,17H,3-9,16H2,1-2H3. The SMILES string of the molecule is Cc1nn(C)c(CC(CSC2CCCCC2)NN)c1Cl. The third kappa shape index (κ3) is 4.13. The number of nitrogens with one attached hydrogen (secondary N) is 1. The molecule has 3 N–H and O–H groups in total. The van der Waals surface area contributed by atoms with E-state index in [-0.39, 0.29) is 6.04 Å². The van der Waals surface area contributed by atoms with Crippen LogP contribution in [0, 0.1) is 6.92 Å². The monoisotopic (exact) mass is 316 g/mol. The Balaban J connectivity index is 1.88. The maximum atomic E-state index is 6.31. The van der Waals surface area contributed by atoms with E-state index in [0.717, 1.165) is 33.8 Å². The predicted octanol–water partition coefficient (Wildman–Crippen LogP) is 2.82. The Labute approximate surface area is 130 Å². The summed E-state index contributed by atoms with van der Waals surface area (Å²) in [5.41, 5.74) is 4.89. The lowest BCUT2D eigenvalue weighted by atomic mass is 10.0. The average molecular weight is 317 g/mol. The second kappa shape index (κ2) is 7.69. The summed E-state index contributed by atoms with van der Waals surface area (Å²) in [6.07, 6.45) is 7.70. The largest absolute Gasteiger partial charge is 0.271 e. The first-order valence-electron chi connectivity index (χ1n) is 7.37. The van der Waals surface area contributed by atoms with Crippen LogP contribution in [0.15, 0.2) is 0 Å². The second-order valence-corrected chi connectivity index (χ2v) is 7.34. The van der Waals surface area contributed by atoms with Crippen LogP contribution in [0.1, 0.15) is 43.5 Å². The van der Waals surface area contributed by atoms with E-state index >= 15 is 0 Å². The maximum absolute atomic E-state index is 6.31. The fourth-order valence-electron chi connectivity index (χ4n) is 2.79. The van der Waals surface area contributed by atoms with Gasteiger partial charge >= 0.3 is 0 Å². The summed E-state index contributed by atoms with van der Waals surface area (Å²) >= 11 is 8.36. The molecule has 0 saturated heterocycles. The van der Waals surface area contributed by atoms with Crippen LogP contribution in [0.2, 0.25) is 5.02 Å². The molecule has 1 aliphatic carbocycles.